The van der Waals surface area contributed by atoms with Crippen LogP contribution in [0.15, 0.2) is 30.3 Å². The SMILES string of the molecule is COc1c(N)cc(C#N)n1Cc1ccc(C)cc1. The summed E-state index contributed by atoms with van der Waals surface area (Å²) in [6.07, 6.45) is 0. The average molecular weight is 241 g/mol. The number of methoxy groups -OCH3 is 1. The summed E-state index contributed by atoms with van der Waals surface area (Å²) < 4.78 is 7.02. The number of nitrogens with zero attached hydrogens (tertiary/aromatic N) is 2. The van der Waals surface area contributed by atoms with Crippen molar-refractivity contribution in [3.8, 4) is 11.9 Å². The van der Waals surface area contributed by atoms with Gasteiger partial charge in [-0.2, -0.15) is 5.26 Å². The largest absolute Gasteiger partial charge is 0.481 e. The number of nitrogen functional groups attached to an aromatic ring is 1. The van der Waals surface area contributed by atoms with Gasteiger partial charge in [-0.05, 0) is 12.5 Å². The van der Waals surface area contributed by atoms with Crippen molar-refractivity contribution >= 4 is 5.69 Å². The molecule has 0 unspecified atom stereocenters. The summed E-state index contributed by atoms with van der Waals surface area (Å²) in [6, 6.07) is 11.9. The maximum absolute atomic E-state index is 9.09. The van der Waals surface area contributed by atoms with E-state index in [0.717, 1.165) is 5.56 Å². The van der Waals surface area contributed by atoms with Crippen molar-refractivity contribution in [1.29, 1.82) is 5.26 Å². The zero-order valence-corrected chi connectivity index (χ0v) is 10.5. The van der Waals surface area contributed by atoms with E-state index in [9.17, 15) is 0 Å². The lowest BCUT2D eigenvalue weighted by Crippen LogP contribution is -2.05. The number of hydrogen-bond donors (Lipinski definition) is 1. The summed E-state index contributed by atoms with van der Waals surface area (Å²) in [7, 11) is 1.55. The molecule has 0 fully saturated rings. The smallest absolute Gasteiger partial charge is 0.218 e. The molecule has 1 heterocycles. The lowest BCUT2D eigenvalue weighted by molar-refractivity contribution is 0.379. The third kappa shape index (κ3) is 2.16. The standard InChI is InChI=1S/C14H15N3O/c1-10-3-5-11(6-4-10)9-17-12(8-15)7-13(16)14(17)18-2/h3-7H,9,16H2,1-2H3. The van der Waals surface area contributed by atoms with Crippen molar-refractivity contribution in [2.75, 3.05) is 12.8 Å². The maximum atomic E-state index is 9.09. The molecular weight excluding hydrogens is 226 g/mol. The zero-order valence-electron chi connectivity index (χ0n) is 10.5. The van der Waals surface area contributed by atoms with Gasteiger partial charge >= 0.3 is 0 Å². The fourth-order valence-corrected chi connectivity index (χ4v) is 1.91. The Morgan fingerprint density at radius 2 is 2.00 bits per heavy atom. The van der Waals surface area contributed by atoms with Gasteiger partial charge in [0.1, 0.15) is 11.8 Å². The Labute approximate surface area is 106 Å². The van der Waals surface area contributed by atoms with Crippen LogP contribution in [-0.4, -0.2) is 11.7 Å². The first-order chi connectivity index (χ1) is 8.65. The number of aryl methyl sites for hydroxylation is 1. The summed E-state index contributed by atoms with van der Waals surface area (Å²) in [5.41, 5.74) is 9.11. The molecule has 0 aliphatic carbocycles. The van der Waals surface area contributed by atoms with E-state index in [0.29, 0.717) is 23.8 Å². The predicted molar refractivity (Wildman–Crippen MR) is 70.4 cm³/mol. The molecule has 1 aromatic carbocycles. The minimum absolute atomic E-state index is 0.487. The van der Waals surface area contributed by atoms with Gasteiger partial charge in [0.25, 0.3) is 0 Å². The first-order valence-electron chi connectivity index (χ1n) is 5.64. The van der Waals surface area contributed by atoms with Crippen molar-refractivity contribution in [1.82, 2.24) is 4.57 Å². The highest BCUT2D eigenvalue weighted by molar-refractivity contribution is 5.55. The quantitative estimate of drug-likeness (QED) is 0.896. The molecule has 18 heavy (non-hydrogen) atoms. The van der Waals surface area contributed by atoms with Gasteiger partial charge in [-0.3, -0.25) is 4.57 Å². The Bertz CT molecular complexity index is 591. The number of aromatic nitrogens is 1. The van der Waals surface area contributed by atoms with Crippen LogP contribution in [0.5, 0.6) is 5.88 Å². The molecule has 4 nitrogen and oxygen atoms in total. The van der Waals surface area contributed by atoms with E-state index >= 15 is 0 Å². The summed E-state index contributed by atoms with van der Waals surface area (Å²) >= 11 is 0. The minimum atomic E-state index is 0.487. The second-order valence-corrected chi connectivity index (χ2v) is 4.18. The fraction of sp³-hybridized carbons (Fsp3) is 0.214. The molecule has 4 heteroatoms. The highest BCUT2D eigenvalue weighted by Crippen LogP contribution is 2.27. The fourth-order valence-electron chi connectivity index (χ4n) is 1.91. The molecule has 0 bridgehead atoms. The van der Waals surface area contributed by atoms with Crippen LogP contribution in [0.3, 0.4) is 0 Å². The van der Waals surface area contributed by atoms with Gasteiger partial charge in [-0.1, -0.05) is 29.8 Å². The number of anilines is 1. The van der Waals surface area contributed by atoms with Crippen LogP contribution in [0.1, 0.15) is 16.8 Å². The van der Waals surface area contributed by atoms with Gasteiger partial charge in [0.15, 0.2) is 0 Å². The molecule has 0 aliphatic heterocycles. The number of rotatable bonds is 3. The molecule has 1 aromatic heterocycles. The van der Waals surface area contributed by atoms with Crippen molar-refractivity contribution in [3.63, 3.8) is 0 Å². The molecule has 2 N–H and O–H groups in total. The topological polar surface area (TPSA) is 64.0 Å². The summed E-state index contributed by atoms with van der Waals surface area (Å²) in [5, 5.41) is 9.09. The van der Waals surface area contributed by atoms with E-state index < -0.39 is 0 Å². The number of hydrogen-bond acceptors (Lipinski definition) is 3. The van der Waals surface area contributed by atoms with Crippen molar-refractivity contribution in [3.05, 3.63) is 47.2 Å². The van der Waals surface area contributed by atoms with E-state index in [2.05, 4.69) is 6.07 Å². The Hall–Kier alpha value is -2.41. The Morgan fingerprint density at radius 3 is 2.56 bits per heavy atom. The van der Waals surface area contributed by atoms with Crippen LogP contribution in [0, 0.1) is 18.3 Å². The van der Waals surface area contributed by atoms with Gasteiger partial charge in [0.2, 0.25) is 5.88 Å². The third-order valence-corrected chi connectivity index (χ3v) is 2.84. The molecule has 0 aliphatic rings. The van der Waals surface area contributed by atoms with Crippen LogP contribution in [0.2, 0.25) is 0 Å². The lowest BCUT2D eigenvalue weighted by Gasteiger charge is -2.10. The van der Waals surface area contributed by atoms with Gasteiger partial charge in [-0.25, -0.2) is 0 Å². The molecule has 0 spiro atoms. The number of benzene rings is 1. The van der Waals surface area contributed by atoms with Gasteiger partial charge in [0.05, 0.1) is 19.3 Å². The number of nitrogens with two attached hydrogens (primary N) is 1. The highest BCUT2D eigenvalue weighted by Gasteiger charge is 2.13. The molecule has 0 saturated carbocycles. The van der Waals surface area contributed by atoms with Crippen LogP contribution in [-0.2, 0) is 6.54 Å². The van der Waals surface area contributed by atoms with Crippen LogP contribution in [0.25, 0.3) is 0 Å². The zero-order chi connectivity index (χ0) is 13.1. The van der Waals surface area contributed by atoms with Crippen LogP contribution in [0.4, 0.5) is 5.69 Å². The van der Waals surface area contributed by atoms with Gasteiger partial charge in [-0.15, -0.1) is 0 Å². The molecule has 0 atom stereocenters. The van der Waals surface area contributed by atoms with Crippen molar-refractivity contribution in [2.45, 2.75) is 13.5 Å². The molecular formula is C14H15N3O. The molecule has 92 valence electrons. The van der Waals surface area contributed by atoms with Gasteiger partial charge < -0.3 is 10.5 Å². The molecule has 2 rings (SSSR count). The third-order valence-electron chi connectivity index (χ3n) is 2.84. The lowest BCUT2D eigenvalue weighted by atomic mass is 10.1. The van der Waals surface area contributed by atoms with Crippen molar-refractivity contribution < 1.29 is 4.74 Å². The number of ether oxygens (including phenoxy) is 1. The minimum Gasteiger partial charge on any atom is -0.481 e. The Morgan fingerprint density at radius 1 is 1.33 bits per heavy atom. The molecule has 0 amide bonds. The second kappa shape index (κ2) is 4.84. The first-order valence-corrected chi connectivity index (χ1v) is 5.64. The normalized spacial score (nSPS) is 10.1. The Balaban J connectivity index is 2.39. The van der Waals surface area contributed by atoms with E-state index in [1.54, 1.807) is 17.7 Å². The Kier molecular flexibility index (Phi) is 3.24. The molecule has 0 radical (unpaired) electrons. The van der Waals surface area contributed by atoms with E-state index in [1.165, 1.54) is 5.56 Å². The second-order valence-electron chi connectivity index (χ2n) is 4.18. The summed E-state index contributed by atoms with van der Waals surface area (Å²) in [5.74, 6) is 0.534. The van der Waals surface area contributed by atoms with E-state index in [-0.39, 0.29) is 0 Å². The summed E-state index contributed by atoms with van der Waals surface area (Å²) in [6.45, 7) is 2.61. The molecule has 0 saturated heterocycles. The monoisotopic (exact) mass is 241 g/mol. The van der Waals surface area contributed by atoms with E-state index in [4.69, 9.17) is 15.7 Å². The average Bonchev–Trinajstić information content (AvgIpc) is 2.67. The van der Waals surface area contributed by atoms with E-state index in [1.807, 2.05) is 31.2 Å². The predicted octanol–water partition coefficient (Wildman–Crippen LogP) is 2.31. The maximum Gasteiger partial charge on any atom is 0.218 e. The highest BCUT2D eigenvalue weighted by atomic mass is 16.5. The summed E-state index contributed by atoms with van der Waals surface area (Å²) in [4.78, 5) is 0. The number of nitriles is 1. The van der Waals surface area contributed by atoms with Crippen LogP contribution < -0.4 is 10.5 Å². The van der Waals surface area contributed by atoms with Crippen molar-refractivity contribution in [2.24, 2.45) is 0 Å². The molecule has 2 aromatic rings. The van der Waals surface area contributed by atoms with Gasteiger partial charge in [0, 0.05) is 6.07 Å². The van der Waals surface area contributed by atoms with Crippen LogP contribution >= 0.6 is 0 Å². The first kappa shape index (κ1) is 12.1.